The highest BCUT2D eigenvalue weighted by Gasteiger charge is 2.12. The van der Waals surface area contributed by atoms with E-state index in [4.69, 9.17) is 0 Å². The summed E-state index contributed by atoms with van der Waals surface area (Å²) in [6, 6.07) is 11.5. The van der Waals surface area contributed by atoms with Crippen molar-refractivity contribution in [1.82, 2.24) is 5.32 Å². The van der Waals surface area contributed by atoms with E-state index in [2.05, 4.69) is 61.8 Å². The van der Waals surface area contributed by atoms with Gasteiger partial charge in [-0.1, -0.05) is 31.2 Å². The Labute approximate surface area is 127 Å². The van der Waals surface area contributed by atoms with E-state index in [1.54, 1.807) is 0 Å². The fourth-order valence-corrected chi connectivity index (χ4v) is 3.30. The molecule has 108 valence electrons. The fraction of sp³-hybridized carbons (Fsp3) is 0.444. The van der Waals surface area contributed by atoms with Gasteiger partial charge >= 0.3 is 0 Å². The molecule has 1 aromatic carbocycles. The number of nitrogens with one attached hydrogen (secondary N) is 1. The van der Waals surface area contributed by atoms with Crippen LogP contribution in [-0.4, -0.2) is 6.54 Å². The number of benzene rings is 1. The molecule has 1 aromatic heterocycles. The first-order valence-electron chi connectivity index (χ1n) is 7.53. The summed E-state index contributed by atoms with van der Waals surface area (Å²) in [7, 11) is 0. The van der Waals surface area contributed by atoms with Gasteiger partial charge < -0.3 is 5.32 Å². The molecule has 1 heterocycles. The van der Waals surface area contributed by atoms with Crippen LogP contribution in [0.2, 0.25) is 0 Å². The van der Waals surface area contributed by atoms with Crippen molar-refractivity contribution in [2.45, 2.75) is 46.1 Å². The Hall–Kier alpha value is -1.12. The third-order valence-electron chi connectivity index (χ3n) is 3.76. The standard InChI is InChI=1S/C18H25NS/c1-4-11-19-18(17-12-15(3)20-13-17)10-9-16-8-6-5-7-14(16)2/h5-8,12-13,18-19H,4,9-11H2,1-3H3. The van der Waals surface area contributed by atoms with Gasteiger partial charge in [0.1, 0.15) is 0 Å². The quantitative estimate of drug-likeness (QED) is 0.752. The Balaban J connectivity index is 2.03. The molecule has 1 N–H and O–H groups in total. The van der Waals surface area contributed by atoms with Crippen LogP contribution in [0.3, 0.4) is 0 Å². The van der Waals surface area contributed by atoms with Gasteiger partial charge in [0.15, 0.2) is 0 Å². The fourth-order valence-electron chi connectivity index (χ4n) is 2.54. The number of rotatable bonds is 7. The van der Waals surface area contributed by atoms with Crippen LogP contribution in [0.5, 0.6) is 0 Å². The van der Waals surface area contributed by atoms with E-state index in [-0.39, 0.29) is 0 Å². The topological polar surface area (TPSA) is 12.0 Å². The summed E-state index contributed by atoms with van der Waals surface area (Å²) < 4.78 is 0. The van der Waals surface area contributed by atoms with Crippen LogP contribution in [-0.2, 0) is 6.42 Å². The molecule has 2 heteroatoms. The van der Waals surface area contributed by atoms with Crippen molar-refractivity contribution < 1.29 is 0 Å². The number of aryl methyl sites for hydroxylation is 3. The molecule has 2 aromatic rings. The molecular formula is C18H25NS. The van der Waals surface area contributed by atoms with Crippen molar-refractivity contribution in [3.63, 3.8) is 0 Å². The van der Waals surface area contributed by atoms with Crippen molar-refractivity contribution >= 4 is 11.3 Å². The highest BCUT2D eigenvalue weighted by atomic mass is 32.1. The summed E-state index contributed by atoms with van der Waals surface area (Å²) in [6.45, 7) is 7.71. The molecule has 0 spiro atoms. The lowest BCUT2D eigenvalue weighted by Gasteiger charge is -2.18. The summed E-state index contributed by atoms with van der Waals surface area (Å²) in [5.74, 6) is 0. The summed E-state index contributed by atoms with van der Waals surface area (Å²) in [5.41, 5.74) is 4.33. The summed E-state index contributed by atoms with van der Waals surface area (Å²) in [6.07, 6.45) is 3.49. The molecule has 0 bridgehead atoms. The lowest BCUT2D eigenvalue weighted by atomic mass is 9.98. The molecule has 1 nitrogen and oxygen atoms in total. The number of hydrogen-bond donors (Lipinski definition) is 1. The summed E-state index contributed by atoms with van der Waals surface area (Å²) >= 11 is 1.85. The maximum absolute atomic E-state index is 3.70. The zero-order valence-corrected chi connectivity index (χ0v) is 13.6. The average molecular weight is 287 g/mol. The van der Waals surface area contributed by atoms with E-state index in [1.165, 1.54) is 34.4 Å². The molecule has 0 aliphatic rings. The van der Waals surface area contributed by atoms with E-state index < -0.39 is 0 Å². The van der Waals surface area contributed by atoms with Crippen LogP contribution in [0, 0.1) is 13.8 Å². The Kier molecular flexibility index (Phi) is 5.81. The predicted molar refractivity (Wildman–Crippen MR) is 89.6 cm³/mol. The summed E-state index contributed by atoms with van der Waals surface area (Å²) in [4.78, 5) is 1.40. The molecular weight excluding hydrogens is 262 g/mol. The van der Waals surface area contributed by atoms with Gasteiger partial charge in [0, 0.05) is 10.9 Å². The van der Waals surface area contributed by atoms with Gasteiger partial charge in [0.05, 0.1) is 0 Å². The Morgan fingerprint density at radius 3 is 2.65 bits per heavy atom. The van der Waals surface area contributed by atoms with E-state index >= 15 is 0 Å². The second-order valence-corrected chi connectivity index (χ2v) is 6.58. The third-order valence-corrected chi connectivity index (χ3v) is 4.64. The van der Waals surface area contributed by atoms with E-state index in [9.17, 15) is 0 Å². The van der Waals surface area contributed by atoms with Crippen LogP contribution in [0.4, 0.5) is 0 Å². The first-order valence-corrected chi connectivity index (χ1v) is 8.41. The third kappa shape index (κ3) is 4.19. The second-order valence-electron chi connectivity index (χ2n) is 5.46. The van der Waals surface area contributed by atoms with E-state index in [1.807, 2.05) is 11.3 Å². The lowest BCUT2D eigenvalue weighted by Crippen LogP contribution is -2.22. The normalized spacial score (nSPS) is 12.6. The Morgan fingerprint density at radius 2 is 2.00 bits per heavy atom. The van der Waals surface area contributed by atoms with Crippen molar-refractivity contribution in [1.29, 1.82) is 0 Å². The number of hydrogen-bond acceptors (Lipinski definition) is 2. The number of thiophene rings is 1. The predicted octanol–water partition coefficient (Wildman–Crippen LogP) is 5.04. The van der Waals surface area contributed by atoms with Crippen LogP contribution in [0.1, 0.15) is 47.4 Å². The van der Waals surface area contributed by atoms with Gasteiger partial charge in [-0.2, -0.15) is 0 Å². The second kappa shape index (κ2) is 7.61. The van der Waals surface area contributed by atoms with Gasteiger partial charge in [-0.05, 0) is 67.8 Å². The molecule has 0 saturated carbocycles. The zero-order chi connectivity index (χ0) is 14.4. The molecule has 20 heavy (non-hydrogen) atoms. The minimum absolute atomic E-state index is 0.486. The molecule has 1 unspecified atom stereocenters. The van der Waals surface area contributed by atoms with Crippen LogP contribution in [0.25, 0.3) is 0 Å². The smallest absolute Gasteiger partial charge is 0.0331 e. The summed E-state index contributed by atoms with van der Waals surface area (Å²) in [5, 5.41) is 6.00. The molecule has 1 atom stereocenters. The molecule has 0 amide bonds. The van der Waals surface area contributed by atoms with Gasteiger partial charge in [0.25, 0.3) is 0 Å². The van der Waals surface area contributed by atoms with Crippen molar-refractivity contribution in [3.8, 4) is 0 Å². The van der Waals surface area contributed by atoms with Gasteiger partial charge in [-0.15, -0.1) is 11.3 Å². The van der Waals surface area contributed by atoms with E-state index in [0.717, 1.165) is 13.0 Å². The maximum Gasteiger partial charge on any atom is 0.0331 e. The largest absolute Gasteiger partial charge is 0.310 e. The maximum atomic E-state index is 3.70. The minimum atomic E-state index is 0.486. The molecule has 2 rings (SSSR count). The lowest BCUT2D eigenvalue weighted by molar-refractivity contribution is 0.500. The minimum Gasteiger partial charge on any atom is -0.310 e. The first kappa shape index (κ1) is 15.3. The van der Waals surface area contributed by atoms with Crippen molar-refractivity contribution in [2.24, 2.45) is 0 Å². The van der Waals surface area contributed by atoms with Crippen molar-refractivity contribution in [3.05, 3.63) is 57.3 Å². The van der Waals surface area contributed by atoms with Gasteiger partial charge in [-0.3, -0.25) is 0 Å². The van der Waals surface area contributed by atoms with Crippen molar-refractivity contribution in [2.75, 3.05) is 6.54 Å². The Bertz CT molecular complexity index is 530. The van der Waals surface area contributed by atoms with Gasteiger partial charge in [-0.25, -0.2) is 0 Å². The highest BCUT2D eigenvalue weighted by Crippen LogP contribution is 2.25. The SMILES string of the molecule is CCCNC(CCc1ccccc1C)c1csc(C)c1. The molecule has 0 saturated heterocycles. The van der Waals surface area contributed by atoms with Crippen LogP contribution < -0.4 is 5.32 Å². The van der Waals surface area contributed by atoms with Crippen LogP contribution >= 0.6 is 11.3 Å². The average Bonchev–Trinajstić information content (AvgIpc) is 2.87. The molecule has 0 fully saturated rings. The Morgan fingerprint density at radius 1 is 1.20 bits per heavy atom. The molecule has 0 aliphatic heterocycles. The zero-order valence-electron chi connectivity index (χ0n) is 12.8. The molecule has 0 aliphatic carbocycles. The monoisotopic (exact) mass is 287 g/mol. The first-order chi connectivity index (χ1) is 9.70. The van der Waals surface area contributed by atoms with E-state index in [0.29, 0.717) is 6.04 Å². The van der Waals surface area contributed by atoms with Gasteiger partial charge in [0.2, 0.25) is 0 Å². The molecule has 0 radical (unpaired) electrons. The highest BCUT2D eigenvalue weighted by molar-refractivity contribution is 7.10. The van der Waals surface area contributed by atoms with Crippen LogP contribution in [0.15, 0.2) is 35.7 Å².